The second kappa shape index (κ2) is 4.63. The van der Waals surface area contributed by atoms with Gasteiger partial charge in [0.15, 0.2) is 0 Å². The molecular formula is C10H6ClN5O. The Morgan fingerprint density at radius 2 is 2.12 bits per heavy atom. The number of aromatic nitrogens is 3. The van der Waals surface area contributed by atoms with Crippen molar-refractivity contribution >= 4 is 17.5 Å². The minimum atomic E-state index is -0.0519. The van der Waals surface area contributed by atoms with Crippen LogP contribution in [0.25, 0.3) is 0 Å². The summed E-state index contributed by atoms with van der Waals surface area (Å²) in [5.74, 6) is 0.391. The molecule has 0 aliphatic rings. The van der Waals surface area contributed by atoms with Gasteiger partial charge in [-0.2, -0.15) is 20.2 Å². The van der Waals surface area contributed by atoms with Crippen molar-refractivity contribution < 1.29 is 4.74 Å². The maximum absolute atomic E-state index is 8.73. The Kier molecular flexibility index (Phi) is 3.03. The summed E-state index contributed by atoms with van der Waals surface area (Å²) in [6, 6.07) is 8.52. The lowest BCUT2D eigenvalue weighted by Gasteiger charge is -2.03. The lowest BCUT2D eigenvalue weighted by Crippen LogP contribution is -2.00. The third kappa shape index (κ3) is 2.80. The monoisotopic (exact) mass is 247 g/mol. The Morgan fingerprint density at radius 1 is 1.29 bits per heavy atom. The smallest absolute Gasteiger partial charge is 0.328 e. The first-order chi connectivity index (χ1) is 8.17. The van der Waals surface area contributed by atoms with Gasteiger partial charge in [0, 0.05) is 0 Å². The van der Waals surface area contributed by atoms with Gasteiger partial charge in [-0.15, -0.1) is 0 Å². The molecule has 2 rings (SSSR count). The summed E-state index contributed by atoms with van der Waals surface area (Å²) in [6.45, 7) is 0. The Bertz CT molecular complexity index is 575. The Hall–Kier alpha value is -2.39. The number of nitrogens with two attached hydrogens (primary N) is 1. The highest BCUT2D eigenvalue weighted by Gasteiger charge is 2.05. The highest BCUT2D eigenvalue weighted by Crippen LogP contribution is 2.20. The number of nitrogen functional groups attached to an aromatic ring is 1. The molecule has 0 saturated heterocycles. The minimum absolute atomic E-state index is 0.0161. The summed E-state index contributed by atoms with van der Waals surface area (Å²) < 4.78 is 5.30. The molecule has 17 heavy (non-hydrogen) atoms. The average Bonchev–Trinajstić information content (AvgIpc) is 2.28. The van der Waals surface area contributed by atoms with E-state index >= 15 is 0 Å². The third-order valence-corrected chi connectivity index (χ3v) is 1.95. The number of rotatable bonds is 2. The first-order valence-electron chi connectivity index (χ1n) is 4.52. The summed E-state index contributed by atoms with van der Waals surface area (Å²) in [5.41, 5.74) is 5.86. The van der Waals surface area contributed by atoms with Crippen LogP contribution in [0.3, 0.4) is 0 Å². The van der Waals surface area contributed by atoms with Crippen LogP contribution in [0, 0.1) is 11.3 Å². The van der Waals surface area contributed by atoms with Crippen molar-refractivity contribution in [2.24, 2.45) is 0 Å². The number of benzene rings is 1. The van der Waals surface area contributed by atoms with Crippen LogP contribution >= 0.6 is 11.6 Å². The van der Waals surface area contributed by atoms with E-state index in [4.69, 9.17) is 27.3 Å². The number of hydrogen-bond acceptors (Lipinski definition) is 6. The van der Waals surface area contributed by atoms with Crippen LogP contribution in [-0.4, -0.2) is 15.0 Å². The SMILES string of the molecule is N#Cc1cccc(Oc2nc(N)nc(Cl)n2)c1. The van der Waals surface area contributed by atoms with Gasteiger partial charge >= 0.3 is 6.01 Å². The van der Waals surface area contributed by atoms with E-state index in [1.165, 1.54) is 0 Å². The fraction of sp³-hybridized carbons (Fsp3) is 0. The number of ether oxygens (including phenoxy) is 1. The van der Waals surface area contributed by atoms with Crippen molar-refractivity contribution in [3.05, 3.63) is 35.1 Å². The molecule has 84 valence electrons. The van der Waals surface area contributed by atoms with E-state index in [0.29, 0.717) is 11.3 Å². The zero-order chi connectivity index (χ0) is 12.3. The van der Waals surface area contributed by atoms with Gasteiger partial charge in [-0.05, 0) is 29.8 Å². The Labute approximate surface area is 102 Å². The maximum Gasteiger partial charge on any atom is 0.328 e. The molecule has 1 aromatic heterocycles. The second-order valence-corrected chi connectivity index (χ2v) is 3.32. The van der Waals surface area contributed by atoms with Crippen LogP contribution in [0.5, 0.6) is 11.8 Å². The van der Waals surface area contributed by atoms with Gasteiger partial charge in [0.05, 0.1) is 11.6 Å². The van der Waals surface area contributed by atoms with Gasteiger partial charge in [0.1, 0.15) is 5.75 Å². The number of hydrogen-bond donors (Lipinski definition) is 1. The van der Waals surface area contributed by atoms with E-state index in [-0.39, 0.29) is 17.2 Å². The summed E-state index contributed by atoms with van der Waals surface area (Å²) in [4.78, 5) is 11.1. The van der Waals surface area contributed by atoms with Crippen molar-refractivity contribution in [1.29, 1.82) is 5.26 Å². The van der Waals surface area contributed by atoms with E-state index in [9.17, 15) is 0 Å². The molecule has 0 bridgehead atoms. The van der Waals surface area contributed by atoms with E-state index in [2.05, 4.69) is 15.0 Å². The quantitative estimate of drug-likeness (QED) is 0.868. The first-order valence-corrected chi connectivity index (χ1v) is 4.90. The zero-order valence-electron chi connectivity index (χ0n) is 8.46. The molecule has 7 heteroatoms. The van der Waals surface area contributed by atoms with Crippen LogP contribution in [0.1, 0.15) is 5.56 Å². The van der Waals surface area contributed by atoms with Gasteiger partial charge in [-0.1, -0.05) is 6.07 Å². The first kappa shape index (κ1) is 11.1. The Morgan fingerprint density at radius 3 is 2.82 bits per heavy atom. The van der Waals surface area contributed by atoms with Crippen molar-refractivity contribution in [2.75, 3.05) is 5.73 Å². The summed E-state index contributed by atoms with van der Waals surface area (Å²) in [5, 5.41) is 8.68. The zero-order valence-corrected chi connectivity index (χ0v) is 9.22. The number of halogens is 1. The van der Waals surface area contributed by atoms with Gasteiger partial charge < -0.3 is 10.5 Å². The van der Waals surface area contributed by atoms with Crippen molar-refractivity contribution in [1.82, 2.24) is 15.0 Å². The maximum atomic E-state index is 8.73. The molecule has 1 heterocycles. The van der Waals surface area contributed by atoms with Gasteiger partial charge in [0.2, 0.25) is 11.2 Å². The highest BCUT2D eigenvalue weighted by atomic mass is 35.5. The number of anilines is 1. The van der Waals surface area contributed by atoms with E-state index in [1.807, 2.05) is 6.07 Å². The summed E-state index contributed by atoms with van der Waals surface area (Å²) in [6.07, 6.45) is 0. The van der Waals surface area contributed by atoms with Gasteiger partial charge in [0.25, 0.3) is 0 Å². The van der Waals surface area contributed by atoms with E-state index < -0.39 is 0 Å². The molecule has 0 unspecified atom stereocenters. The molecule has 6 nitrogen and oxygen atoms in total. The minimum Gasteiger partial charge on any atom is -0.424 e. The van der Waals surface area contributed by atoms with E-state index in [1.54, 1.807) is 24.3 Å². The summed E-state index contributed by atoms with van der Waals surface area (Å²) in [7, 11) is 0. The Balaban J connectivity index is 2.28. The normalized spacial score (nSPS) is 9.65. The standard InChI is InChI=1S/C10H6ClN5O/c11-8-14-9(13)16-10(15-8)17-7-3-1-2-6(4-7)5-12/h1-4H,(H2,13,14,15,16). The lowest BCUT2D eigenvalue weighted by molar-refractivity contribution is 0.440. The van der Waals surface area contributed by atoms with Crippen molar-refractivity contribution in [3.8, 4) is 17.8 Å². The largest absolute Gasteiger partial charge is 0.424 e. The molecule has 2 aromatic rings. The van der Waals surface area contributed by atoms with Crippen LogP contribution in [0.4, 0.5) is 5.95 Å². The number of nitriles is 1. The molecule has 0 spiro atoms. The topological polar surface area (TPSA) is 97.7 Å². The molecule has 0 fully saturated rings. The third-order valence-electron chi connectivity index (χ3n) is 1.78. The molecule has 0 atom stereocenters. The average molecular weight is 248 g/mol. The van der Waals surface area contributed by atoms with E-state index in [0.717, 1.165) is 0 Å². The molecule has 2 N–H and O–H groups in total. The van der Waals surface area contributed by atoms with Gasteiger partial charge in [-0.3, -0.25) is 0 Å². The molecule has 0 aliphatic heterocycles. The van der Waals surface area contributed by atoms with Gasteiger partial charge in [-0.25, -0.2) is 0 Å². The number of nitrogens with zero attached hydrogens (tertiary/aromatic N) is 4. The fourth-order valence-corrected chi connectivity index (χ4v) is 1.29. The molecular weight excluding hydrogens is 242 g/mol. The second-order valence-electron chi connectivity index (χ2n) is 2.99. The van der Waals surface area contributed by atoms with Crippen LogP contribution in [0.15, 0.2) is 24.3 Å². The highest BCUT2D eigenvalue weighted by molar-refractivity contribution is 6.28. The molecule has 0 aliphatic carbocycles. The van der Waals surface area contributed by atoms with Crippen LogP contribution < -0.4 is 10.5 Å². The fourth-order valence-electron chi connectivity index (χ4n) is 1.13. The predicted molar refractivity (Wildman–Crippen MR) is 60.5 cm³/mol. The van der Waals surface area contributed by atoms with Crippen molar-refractivity contribution in [3.63, 3.8) is 0 Å². The van der Waals surface area contributed by atoms with Crippen LogP contribution in [-0.2, 0) is 0 Å². The predicted octanol–water partition coefficient (Wildman–Crippen LogP) is 1.77. The van der Waals surface area contributed by atoms with Crippen LogP contribution in [0.2, 0.25) is 5.28 Å². The van der Waals surface area contributed by atoms with Crippen molar-refractivity contribution in [2.45, 2.75) is 0 Å². The lowest BCUT2D eigenvalue weighted by atomic mass is 10.2. The molecule has 1 aromatic carbocycles. The molecule has 0 saturated carbocycles. The molecule has 0 radical (unpaired) electrons. The molecule has 0 amide bonds. The summed E-state index contributed by atoms with van der Waals surface area (Å²) >= 11 is 5.60.